The van der Waals surface area contributed by atoms with Crippen LogP contribution in [0.4, 0.5) is 11.4 Å². The van der Waals surface area contributed by atoms with E-state index in [1.807, 2.05) is 68.4 Å². The van der Waals surface area contributed by atoms with Crippen LogP contribution in [0.3, 0.4) is 0 Å². The molecule has 1 aliphatic rings. The van der Waals surface area contributed by atoms with Crippen LogP contribution in [-0.4, -0.2) is 23.6 Å². The molecule has 0 bridgehead atoms. The smallest absolute Gasteiger partial charge is 0.343 e. The topological polar surface area (TPSA) is 102 Å². The average Bonchev–Trinajstić information content (AvgIpc) is 3.11. The van der Waals surface area contributed by atoms with Crippen LogP contribution >= 0.6 is 0 Å². The summed E-state index contributed by atoms with van der Waals surface area (Å²) in [5.74, 6) is -1.82. The summed E-state index contributed by atoms with van der Waals surface area (Å²) in [6.07, 6.45) is -0.0831. The van der Waals surface area contributed by atoms with Gasteiger partial charge < -0.3 is 15.4 Å². The molecule has 48 heavy (non-hydrogen) atoms. The van der Waals surface area contributed by atoms with Crippen LogP contribution in [0.2, 0.25) is 0 Å². The van der Waals surface area contributed by atoms with Crippen molar-refractivity contribution in [3.05, 3.63) is 123 Å². The quantitative estimate of drug-likeness (QED) is 0.145. The number of aryl methyl sites for hydroxylation is 4. The third-order valence-electron chi connectivity index (χ3n) is 7.19. The maximum Gasteiger partial charge on any atom is 0.343 e. The van der Waals surface area contributed by atoms with E-state index < -0.39 is 17.8 Å². The number of hydrogen-bond acceptors (Lipinski definition) is 5. The monoisotopic (exact) mass is 652 g/mol. The Morgan fingerprint density at radius 2 is 0.875 bits per heavy atom. The summed E-state index contributed by atoms with van der Waals surface area (Å²) in [4.78, 5) is 54.5. The lowest BCUT2D eigenvalue weighted by Crippen LogP contribution is -2.23. The van der Waals surface area contributed by atoms with E-state index in [-0.39, 0.29) is 34.6 Å². The van der Waals surface area contributed by atoms with Crippen LogP contribution < -0.4 is 15.4 Å². The number of ether oxygens (including phenoxy) is 1. The highest BCUT2D eigenvalue weighted by atomic mass is 16.5. The van der Waals surface area contributed by atoms with Gasteiger partial charge in [0.1, 0.15) is 5.75 Å². The summed E-state index contributed by atoms with van der Waals surface area (Å²) >= 11 is 0. The minimum absolute atomic E-state index is 0.0831. The summed E-state index contributed by atoms with van der Waals surface area (Å²) < 4.78 is 5.85. The van der Waals surface area contributed by atoms with Crippen molar-refractivity contribution in [2.75, 3.05) is 10.6 Å². The second-order valence-corrected chi connectivity index (χ2v) is 9.95. The minimum Gasteiger partial charge on any atom is -0.422 e. The van der Waals surface area contributed by atoms with Gasteiger partial charge in [-0.05, 0) is 79.8 Å². The molecule has 4 aromatic rings. The van der Waals surface area contributed by atoms with Gasteiger partial charge in [0.05, 0.1) is 28.1 Å². The zero-order chi connectivity index (χ0) is 36.6. The number of hydrogen-bond donors (Lipinski definition) is 2. The molecule has 5 rings (SSSR count). The Kier molecular flexibility index (Phi) is 17.3. The predicted molar refractivity (Wildman–Crippen MR) is 199 cm³/mol. The van der Waals surface area contributed by atoms with Crippen LogP contribution in [0.15, 0.2) is 72.8 Å². The highest BCUT2D eigenvalue weighted by molar-refractivity contribution is 6.16. The summed E-state index contributed by atoms with van der Waals surface area (Å²) in [6.45, 7) is 23.1. The molecule has 256 valence electrons. The van der Waals surface area contributed by atoms with Gasteiger partial charge in [0.2, 0.25) is 0 Å². The van der Waals surface area contributed by atoms with Crippen LogP contribution in [0.25, 0.3) is 0 Å². The Labute approximate surface area is 287 Å². The molecular weight excluding hydrogens is 600 g/mol. The number of rotatable bonds is 0. The Bertz CT molecular complexity index is 1470. The number of carbonyl (C=O) groups is 4. The largest absolute Gasteiger partial charge is 0.422 e. The third kappa shape index (κ3) is 9.50. The van der Waals surface area contributed by atoms with Crippen LogP contribution in [0.5, 0.6) is 5.75 Å². The average molecular weight is 653 g/mol. The molecule has 7 nitrogen and oxygen atoms in total. The summed E-state index contributed by atoms with van der Waals surface area (Å²) in [7, 11) is 0. The van der Waals surface area contributed by atoms with Crippen molar-refractivity contribution in [3.63, 3.8) is 0 Å². The normalized spacial score (nSPS) is 11.9. The summed E-state index contributed by atoms with van der Waals surface area (Å²) in [5.41, 5.74) is 4.83. The van der Waals surface area contributed by atoms with Gasteiger partial charge in [-0.3, -0.25) is 14.4 Å². The first-order valence-corrected chi connectivity index (χ1v) is 16.9. The van der Waals surface area contributed by atoms with Crippen molar-refractivity contribution < 1.29 is 23.9 Å². The van der Waals surface area contributed by atoms with Crippen molar-refractivity contribution in [2.45, 2.75) is 89.5 Å². The molecule has 0 aliphatic carbocycles. The van der Waals surface area contributed by atoms with Gasteiger partial charge in [0, 0.05) is 12.0 Å². The lowest BCUT2D eigenvalue weighted by molar-refractivity contribution is 0.0730. The fourth-order valence-corrected chi connectivity index (χ4v) is 4.95. The minimum atomic E-state index is -0.670. The highest BCUT2D eigenvalue weighted by Crippen LogP contribution is 2.31. The van der Waals surface area contributed by atoms with Crippen molar-refractivity contribution >= 4 is 34.9 Å². The Balaban J connectivity index is 0.00000134. The van der Waals surface area contributed by atoms with E-state index in [1.165, 1.54) is 0 Å². The molecule has 0 radical (unpaired) electrons. The van der Waals surface area contributed by atoms with E-state index in [1.54, 1.807) is 87.5 Å². The van der Waals surface area contributed by atoms with Gasteiger partial charge in [-0.15, -0.1) is 0 Å². The highest BCUT2D eigenvalue weighted by Gasteiger charge is 2.26. The van der Waals surface area contributed by atoms with Crippen molar-refractivity contribution in [3.8, 4) is 5.75 Å². The number of benzene rings is 4. The molecule has 2 N–H and O–H groups in total. The molecule has 0 unspecified atom stereocenters. The van der Waals surface area contributed by atoms with E-state index in [0.717, 1.165) is 5.56 Å². The second kappa shape index (κ2) is 20.3. The molecule has 1 aliphatic heterocycles. The third-order valence-corrected chi connectivity index (χ3v) is 7.19. The van der Waals surface area contributed by atoms with Gasteiger partial charge >= 0.3 is 5.97 Å². The Morgan fingerprint density at radius 3 is 1.42 bits per heavy atom. The number of nitrogens with one attached hydrogen (secondary N) is 2. The number of Topliss-reactive ketones (excluding diaryl/α,β-unsaturated/α-hetero) is 1. The fourth-order valence-electron chi connectivity index (χ4n) is 4.95. The number of ketones is 1. The van der Waals surface area contributed by atoms with Crippen LogP contribution in [-0.2, 0) is 6.42 Å². The van der Waals surface area contributed by atoms with E-state index in [2.05, 4.69) is 10.6 Å². The predicted octanol–water partition coefficient (Wildman–Crippen LogP) is 10.5. The van der Waals surface area contributed by atoms with Gasteiger partial charge in [-0.2, -0.15) is 0 Å². The van der Waals surface area contributed by atoms with E-state index in [0.29, 0.717) is 39.2 Å². The maximum atomic E-state index is 13.7. The zero-order valence-corrected chi connectivity index (χ0v) is 30.7. The van der Waals surface area contributed by atoms with Crippen LogP contribution in [0.1, 0.15) is 125 Å². The van der Waals surface area contributed by atoms with Crippen molar-refractivity contribution in [1.82, 2.24) is 0 Å². The molecular formula is C41H52N2O5. The first-order chi connectivity index (χ1) is 23.2. The number of amides is 2. The number of para-hydroxylation sites is 3. The Hall–Kier alpha value is -5.04. The molecule has 0 saturated heterocycles. The summed E-state index contributed by atoms with van der Waals surface area (Å²) in [6, 6.07) is 20.5. The van der Waals surface area contributed by atoms with E-state index >= 15 is 0 Å². The fraction of sp³-hybridized carbons (Fsp3) is 0.317. The molecule has 7 heteroatoms. The number of esters is 1. The Morgan fingerprint density at radius 1 is 0.479 bits per heavy atom. The van der Waals surface area contributed by atoms with E-state index in [9.17, 15) is 19.2 Å². The first-order valence-electron chi connectivity index (χ1n) is 16.9. The molecule has 0 atom stereocenters. The van der Waals surface area contributed by atoms with Crippen molar-refractivity contribution in [2.24, 2.45) is 0 Å². The van der Waals surface area contributed by atoms with Gasteiger partial charge in [0.15, 0.2) is 5.78 Å². The van der Waals surface area contributed by atoms with Gasteiger partial charge in [0.25, 0.3) is 11.8 Å². The van der Waals surface area contributed by atoms with Crippen molar-refractivity contribution in [1.29, 1.82) is 0 Å². The summed E-state index contributed by atoms with van der Waals surface area (Å²) in [5, 5.41) is 5.77. The van der Waals surface area contributed by atoms with Gasteiger partial charge in [-0.25, -0.2) is 4.79 Å². The molecule has 0 aromatic heterocycles. The maximum absolute atomic E-state index is 13.7. The lowest BCUT2D eigenvalue weighted by Gasteiger charge is -2.19. The SMILES string of the molecule is CC.CC.CC.CC.Cc1cccc2c1CC(=O)c1cccc(C)c1NC(=O)c1cccc(C)c1NC(=O)c1cccc(C)c1OC2=O. The van der Waals surface area contributed by atoms with Crippen LogP contribution in [0, 0.1) is 27.7 Å². The molecule has 0 spiro atoms. The van der Waals surface area contributed by atoms with Gasteiger partial charge in [-0.1, -0.05) is 104 Å². The first kappa shape index (κ1) is 41.0. The standard InChI is InChI=1S/C33H28N2O5.4C2H6/c1-18-9-5-13-22-26(18)17-27(36)23-14-6-10-19(2)28(23)34-31(37)24-15-7-11-20(3)29(24)35-32(38)25-16-8-12-21(4)30(25)40-33(22)39;4*1-2/h5-16H,17H2,1-4H3,(H,34,37)(H,35,38);4*1-2H3. The number of anilines is 2. The molecule has 0 saturated carbocycles. The van der Waals surface area contributed by atoms with E-state index in [4.69, 9.17) is 4.74 Å². The molecule has 2 amide bonds. The second-order valence-electron chi connectivity index (χ2n) is 9.95. The molecule has 0 fully saturated rings. The lowest BCUT2D eigenvalue weighted by atomic mass is 9.93. The zero-order valence-electron chi connectivity index (χ0n) is 30.7. The molecule has 1 heterocycles. The molecule has 4 aromatic carbocycles. The number of carbonyl (C=O) groups excluding carboxylic acids is 4. The number of fused-ring (bicyclic) bond motifs is 4.